The van der Waals surface area contributed by atoms with Gasteiger partial charge < -0.3 is 5.32 Å². The van der Waals surface area contributed by atoms with E-state index in [1.807, 2.05) is 6.20 Å². The van der Waals surface area contributed by atoms with Crippen LogP contribution in [-0.4, -0.2) is 33.5 Å². The molecule has 0 aliphatic heterocycles. The second-order valence-corrected chi connectivity index (χ2v) is 4.90. The van der Waals surface area contributed by atoms with Gasteiger partial charge in [-0.2, -0.15) is 5.10 Å². The predicted molar refractivity (Wildman–Crippen MR) is 69.0 cm³/mol. The van der Waals surface area contributed by atoms with Crippen molar-refractivity contribution in [2.45, 2.75) is 26.2 Å². The van der Waals surface area contributed by atoms with Gasteiger partial charge in [0.1, 0.15) is 5.01 Å². The molecule has 0 unspecified atom stereocenters. The van der Waals surface area contributed by atoms with Crippen LogP contribution in [0.5, 0.6) is 0 Å². The Balaban J connectivity index is 1.79. The number of hydrogen-bond donors (Lipinski definition) is 2. The lowest BCUT2D eigenvalue weighted by Gasteiger charge is -1.99. The Hall–Kier alpha value is -1.27. The smallest absolute Gasteiger partial charge is 0.150 e. The fourth-order valence-corrected chi connectivity index (χ4v) is 2.37. The molecule has 0 spiro atoms. The predicted octanol–water partition coefficient (Wildman–Crippen LogP) is 1.86. The summed E-state index contributed by atoms with van der Waals surface area (Å²) < 4.78 is 0. The van der Waals surface area contributed by atoms with E-state index in [0.717, 1.165) is 41.5 Å². The Morgan fingerprint density at radius 1 is 1.35 bits per heavy atom. The van der Waals surface area contributed by atoms with Crippen LogP contribution in [0.3, 0.4) is 0 Å². The van der Waals surface area contributed by atoms with E-state index in [1.165, 1.54) is 6.42 Å². The Morgan fingerprint density at radius 2 is 2.29 bits per heavy atom. The van der Waals surface area contributed by atoms with Gasteiger partial charge in [-0.3, -0.25) is 5.10 Å². The maximum atomic E-state index is 4.19. The van der Waals surface area contributed by atoms with Gasteiger partial charge in [-0.25, -0.2) is 0 Å². The van der Waals surface area contributed by atoms with Crippen molar-refractivity contribution >= 4 is 11.3 Å². The van der Waals surface area contributed by atoms with Gasteiger partial charge in [0.05, 0.1) is 11.8 Å². The number of aryl methyl sites for hydroxylation is 1. The van der Waals surface area contributed by atoms with E-state index in [2.05, 4.69) is 32.6 Å². The molecule has 0 aliphatic carbocycles. The molecule has 2 heterocycles. The minimum atomic E-state index is 0.940. The molecular weight excluding hydrogens is 234 g/mol. The van der Waals surface area contributed by atoms with Crippen LogP contribution in [0.2, 0.25) is 0 Å². The first-order valence-corrected chi connectivity index (χ1v) is 6.74. The molecule has 0 saturated heterocycles. The normalized spacial score (nSPS) is 10.9. The molecule has 92 valence electrons. The number of rotatable bonds is 7. The van der Waals surface area contributed by atoms with Crippen LogP contribution in [0.4, 0.5) is 0 Å². The molecule has 5 nitrogen and oxygen atoms in total. The SMILES string of the molecule is CCCNCCCc1nnc(-c2cn[nH]c2)s1. The summed E-state index contributed by atoms with van der Waals surface area (Å²) in [6, 6.07) is 0. The quantitative estimate of drug-likeness (QED) is 0.737. The topological polar surface area (TPSA) is 66.5 Å². The monoisotopic (exact) mass is 251 g/mol. The molecule has 0 saturated carbocycles. The van der Waals surface area contributed by atoms with Crippen LogP contribution in [-0.2, 0) is 6.42 Å². The minimum Gasteiger partial charge on any atom is -0.317 e. The van der Waals surface area contributed by atoms with Gasteiger partial charge in [0, 0.05) is 12.6 Å². The second kappa shape index (κ2) is 6.46. The molecule has 0 aromatic carbocycles. The first-order chi connectivity index (χ1) is 8.40. The maximum absolute atomic E-state index is 4.19. The van der Waals surface area contributed by atoms with Gasteiger partial charge in [0.25, 0.3) is 0 Å². The van der Waals surface area contributed by atoms with Crippen molar-refractivity contribution in [3.05, 3.63) is 17.4 Å². The lowest BCUT2D eigenvalue weighted by Crippen LogP contribution is -2.16. The van der Waals surface area contributed by atoms with Crippen molar-refractivity contribution in [2.75, 3.05) is 13.1 Å². The Morgan fingerprint density at radius 3 is 3.06 bits per heavy atom. The lowest BCUT2D eigenvalue weighted by molar-refractivity contribution is 0.637. The van der Waals surface area contributed by atoms with E-state index in [-0.39, 0.29) is 0 Å². The molecule has 17 heavy (non-hydrogen) atoms. The third-order valence-corrected chi connectivity index (χ3v) is 3.42. The summed E-state index contributed by atoms with van der Waals surface area (Å²) in [5, 5.41) is 20.5. The molecule has 0 aliphatic rings. The van der Waals surface area contributed by atoms with Gasteiger partial charge in [-0.15, -0.1) is 10.2 Å². The summed E-state index contributed by atoms with van der Waals surface area (Å²) in [6.07, 6.45) is 6.90. The Labute approximate surface area is 105 Å². The van der Waals surface area contributed by atoms with Crippen LogP contribution < -0.4 is 5.32 Å². The summed E-state index contributed by atoms with van der Waals surface area (Å²) in [5.74, 6) is 0. The van der Waals surface area contributed by atoms with E-state index in [0.29, 0.717) is 0 Å². The standard InChI is InChI=1S/C11H17N5S/c1-2-5-12-6-3-4-10-15-16-11(17-10)9-7-13-14-8-9/h7-8,12H,2-6H2,1H3,(H,13,14). The highest BCUT2D eigenvalue weighted by Crippen LogP contribution is 2.22. The van der Waals surface area contributed by atoms with Crippen molar-refractivity contribution in [2.24, 2.45) is 0 Å². The third kappa shape index (κ3) is 3.61. The number of aromatic nitrogens is 4. The van der Waals surface area contributed by atoms with Gasteiger partial charge in [0.15, 0.2) is 5.01 Å². The Kier molecular flexibility index (Phi) is 4.63. The zero-order valence-corrected chi connectivity index (χ0v) is 10.8. The molecule has 2 aromatic rings. The van der Waals surface area contributed by atoms with Gasteiger partial charge in [-0.1, -0.05) is 18.3 Å². The summed E-state index contributed by atoms with van der Waals surface area (Å²) in [5.41, 5.74) is 1.01. The van der Waals surface area contributed by atoms with Gasteiger partial charge >= 0.3 is 0 Å². The third-order valence-electron chi connectivity index (χ3n) is 2.38. The summed E-state index contributed by atoms with van der Waals surface area (Å²) in [7, 11) is 0. The molecule has 6 heteroatoms. The number of nitrogens with one attached hydrogen (secondary N) is 2. The summed E-state index contributed by atoms with van der Waals surface area (Å²) >= 11 is 1.64. The summed E-state index contributed by atoms with van der Waals surface area (Å²) in [4.78, 5) is 0. The van der Waals surface area contributed by atoms with E-state index >= 15 is 0 Å². The fraction of sp³-hybridized carbons (Fsp3) is 0.545. The largest absolute Gasteiger partial charge is 0.317 e. The molecule has 0 amide bonds. The number of hydrogen-bond acceptors (Lipinski definition) is 5. The van der Waals surface area contributed by atoms with E-state index in [1.54, 1.807) is 17.5 Å². The molecular formula is C11H17N5S. The molecule has 0 atom stereocenters. The van der Waals surface area contributed by atoms with Crippen LogP contribution in [0.1, 0.15) is 24.8 Å². The molecule has 2 N–H and O–H groups in total. The molecule has 0 fully saturated rings. The van der Waals surface area contributed by atoms with E-state index in [4.69, 9.17) is 0 Å². The number of H-pyrrole nitrogens is 1. The minimum absolute atomic E-state index is 0.940. The number of aromatic amines is 1. The lowest BCUT2D eigenvalue weighted by atomic mass is 10.3. The van der Waals surface area contributed by atoms with Crippen molar-refractivity contribution < 1.29 is 0 Å². The van der Waals surface area contributed by atoms with E-state index in [9.17, 15) is 0 Å². The van der Waals surface area contributed by atoms with Crippen molar-refractivity contribution in [3.8, 4) is 10.6 Å². The number of nitrogens with zero attached hydrogens (tertiary/aromatic N) is 3. The van der Waals surface area contributed by atoms with Gasteiger partial charge in [0.2, 0.25) is 0 Å². The van der Waals surface area contributed by atoms with Crippen LogP contribution >= 0.6 is 11.3 Å². The maximum Gasteiger partial charge on any atom is 0.150 e. The van der Waals surface area contributed by atoms with Crippen molar-refractivity contribution in [1.82, 2.24) is 25.7 Å². The zero-order valence-electron chi connectivity index (χ0n) is 9.94. The van der Waals surface area contributed by atoms with Crippen molar-refractivity contribution in [1.29, 1.82) is 0 Å². The molecule has 0 bridgehead atoms. The van der Waals surface area contributed by atoms with Crippen LogP contribution in [0.25, 0.3) is 10.6 Å². The fourth-order valence-electron chi connectivity index (χ4n) is 1.51. The first-order valence-electron chi connectivity index (χ1n) is 5.92. The van der Waals surface area contributed by atoms with Crippen LogP contribution in [0.15, 0.2) is 12.4 Å². The second-order valence-electron chi connectivity index (χ2n) is 3.84. The summed E-state index contributed by atoms with van der Waals surface area (Å²) in [6.45, 7) is 4.32. The van der Waals surface area contributed by atoms with Gasteiger partial charge in [-0.05, 0) is 25.9 Å². The molecule has 2 rings (SSSR count). The zero-order chi connectivity index (χ0) is 11.9. The highest BCUT2D eigenvalue weighted by atomic mass is 32.1. The van der Waals surface area contributed by atoms with Crippen LogP contribution in [0, 0.1) is 0 Å². The van der Waals surface area contributed by atoms with Crippen molar-refractivity contribution in [3.63, 3.8) is 0 Å². The molecule has 2 aromatic heterocycles. The van der Waals surface area contributed by atoms with E-state index < -0.39 is 0 Å². The average molecular weight is 251 g/mol. The average Bonchev–Trinajstić information content (AvgIpc) is 2.99. The Bertz CT molecular complexity index is 423. The highest BCUT2D eigenvalue weighted by molar-refractivity contribution is 7.14. The first kappa shape index (κ1) is 12.2. The molecule has 0 radical (unpaired) electrons. The highest BCUT2D eigenvalue weighted by Gasteiger charge is 2.06.